The second-order valence-corrected chi connectivity index (χ2v) is 5.98. The third-order valence-corrected chi connectivity index (χ3v) is 4.14. The standard InChI is InChI=1S/C16H18N6OS/c1-3-14-20-16(24-21-14)19-13-7-4-6-12(10-13)18-15(23)11(2)22-9-5-8-17-22/h4-11H,3H2,1-2H3,(H,18,23)(H,19,20,21)/t11-/m0/s1. The largest absolute Gasteiger partial charge is 0.330 e. The molecular weight excluding hydrogens is 324 g/mol. The second-order valence-electron chi connectivity index (χ2n) is 5.23. The van der Waals surface area contributed by atoms with Gasteiger partial charge in [-0.05, 0) is 31.2 Å². The lowest BCUT2D eigenvalue weighted by Crippen LogP contribution is -2.23. The van der Waals surface area contributed by atoms with Crippen LogP contribution in [0.4, 0.5) is 16.5 Å². The molecule has 0 bridgehead atoms. The van der Waals surface area contributed by atoms with E-state index in [0.717, 1.165) is 23.1 Å². The Morgan fingerprint density at radius 2 is 2.17 bits per heavy atom. The molecule has 2 heterocycles. The van der Waals surface area contributed by atoms with Crippen molar-refractivity contribution in [3.05, 3.63) is 48.5 Å². The van der Waals surface area contributed by atoms with Crippen LogP contribution in [0.3, 0.4) is 0 Å². The molecule has 2 aromatic heterocycles. The summed E-state index contributed by atoms with van der Waals surface area (Å²) in [7, 11) is 0. The van der Waals surface area contributed by atoms with Gasteiger partial charge >= 0.3 is 0 Å². The lowest BCUT2D eigenvalue weighted by Gasteiger charge is -2.13. The van der Waals surface area contributed by atoms with Crippen molar-refractivity contribution in [3.63, 3.8) is 0 Å². The van der Waals surface area contributed by atoms with E-state index in [-0.39, 0.29) is 11.9 Å². The number of amides is 1. The van der Waals surface area contributed by atoms with Crippen LogP contribution in [0.2, 0.25) is 0 Å². The number of carbonyl (C=O) groups excluding carboxylic acids is 1. The molecule has 3 rings (SSSR count). The van der Waals surface area contributed by atoms with E-state index in [1.165, 1.54) is 11.5 Å². The van der Waals surface area contributed by atoms with Gasteiger partial charge in [-0.25, -0.2) is 4.98 Å². The number of aromatic nitrogens is 4. The molecule has 0 radical (unpaired) electrons. The number of hydrogen-bond donors (Lipinski definition) is 2. The van der Waals surface area contributed by atoms with Gasteiger partial charge in [0.05, 0.1) is 0 Å². The van der Waals surface area contributed by atoms with Gasteiger partial charge in [0.15, 0.2) is 0 Å². The molecule has 0 saturated carbocycles. The fourth-order valence-corrected chi connectivity index (χ4v) is 2.79. The van der Waals surface area contributed by atoms with E-state index in [4.69, 9.17) is 0 Å². The van der Waals surface area contributed by atoms with Crippen LogP contribution in [0.5, 0.6) is 0 Å². The zero-order valence-corrected chi connectivity index (χ0v) is 14.2. The first kappa shape index (κ1) is 16.1. The van der Waals surface area contributed by atoms with E-state index in [1.54, 1.807) is 30.1 Å². The second kappa shape index (κ2) is 7.22. The summed E-state index contributed by atoms with van der Waals surface area (Å²) in [4.78, 5) is 16.7. The summed E-state index contributed by atoms with van der Waals surface area (Å²) < 4.78 is 5.86. The molecule has 0 aliphatic heterocycles. The van der Waals surface area contributed by atoms with Crippen molar-refractivity contribution in [2.24, 2.45) is 0 Å². The highest BCUT2D eigenvalue weighted by Crippen LogP contribution is 2.22. The number of benzene rings is 1. The van der Waals surface area contributed by atoms with Crippen LogP contribution in [0.25, 0.3) is 0 Å². The van der Waals surface area contributed by atoms with Crippen LogP contribution >= 0.6 is 11.5 Å². The van der Waals surface area contributed by atoms with Crippen LogP contribution < -0.4 is 10.6 Å². The van der Waals surface area contributed by atoms with Crippen molar-refractivity contribution >= 4 is 33.9 Å². The van der Waals surface area contributed by atoms with Gasteiger partial charge in [-0.15, -0.1) is 0 Å². The molecule has 1 aromatic carbocycles. The quantitative estimate of drug-likeness (QED) is 0.718. The number of anilines is 3. The molecule has 0 aliphatic carbocycles. The van der Waals surface area contributed by atoms with Gasteiger partial charge in [0.2, 0.25) is 11.0 Å². The Balaban J connectivity index is 1.67. The zero-order valence-electron chi connectivity index (χ0n) is 13.4. The topological polar surface area (TPSA) is 84.7 Å². The van der Waals surface area contributed by atoms with Gasteiger partial charge in [0.25, 0.3) is 0 Å². The van der Waals surface area contributed by atoms with Gasteiger partial charge in [0.1, 0.15) is 11.9 Å². The first-order chi connectivity index (χ1) is 11.7. The van der Waals surface area contributed by atoms with Crippen molar-refractivity contribution in [2.75, 3.05) is 10.6 Å². The summed E-state index contributed by atoms with van der Waals surface area (Å²) in [6.07, 6.45) is 4.23. The smallest absolute Gasteiger partial charge is 0.248 e. The molecule has 124 valence electrons. The Labute approximate surface area is 143 Å². The fraction of sp³-hybridized carbons (Fsp3) is 0.250. The van der Waals surface area contributed by atoms with Crippen molar-refractivity contribution in [3.8, 4) is 0 Å². The highest BCUT2D eigenvalue weighted by atomic mass is 32.1. The molecule has 0 unspecified atom stereocenters. The van der Waals surface area contributed by atoms with Crippen molar-refractivity contribution in [1.29, 1.82) is 0 Å². The van der Waals surface area contributed by atoms with E-state index in [1.807, 2.05) is 31.2 Å². The Kier molecular flexibility index (Phi) is 4.85. The van der Waals surface area contributed by atoms with Gasteiger partial charge in [0, 0.05) is 41.7 Å². The average Bonchev–Trinajstić information content (AvgIpc) is 3.26. The van der Waals surface area contributed by atoms with E-state index in [9.17, 15) is 4.79 Å². The van der Waals surface area contributed by atoms with Crippen molar-refractivity contribution in [1.82, 2.24) is 19.1 Å². The summed E-state index contributed by atoms with van der Waals surface area (Å²) in [6.45, 7) is 3.82. The molecule has 0 spiro atoms. The Morgan fingerprint density at radius 1 is 1.33 bits per heavy atom. The summed E-state index contributed by atoms with van der Waals surface area (Å²) in [5.74, 6) is 0.694. The zero-order chi connectivity index (χ0) is 16.9. The molecule has 0 fully saturated rings. The molecule has 7 nitrogen and oxygen atoms in total. The molecule has 0 saturated heterocycles. The maximum Gasteiger partial charge on any atom is 0.248 e. The first-order valence-corrected chi connectivity index (χ1v) is 8.42. The van der Waals surface area contributed by atoms with Gasteiger partial charge in [-0.3, -0.25) is 9.48 Å². The SMILES string of the molecule is CCc1nsc(Nc2cccc(NC(=O)[C@H](C)n3cccn3)c2)n1. The number of nitrogens with zero attached hydrogens (tertiary/aromatic N) is 4. The minimum absolute atomic E-state index is 0.125. The van der Waals surface area contributed by atoms with E-state index in [2.05, 4.69) is 25.1 Å². The fourth-order valence-electron chi connectivity index (χ4n) is 2.12. The number of hydrogen-bond acceptors (Lipinski definition) is 6. The number of aryl methyl sites for hydroxylation is 1. The normalized spacial score (nSPS) is 11.9. The van der Waals surface area contributed by atoms with Crippen LogP contribution in [0, 0.1) is 0 Å². The maximum absolute atomic E-state index is 12.3. The van der Waals surface area contributed by atoms with Gasteiger partial charge < -0.3 is 10.6 Å². The third kappa shape index (κ3) is 3.77. The lowest BCUT2D eigenvalue weighted by atomic mass is 10.2. The van der Waals surface area contributed by atoms with E-state index >= 15 is 0 Å². The molecule has 8 heteroatoms. The highest BCUT2D eigenvalue weighted by Gasteiger charge is 2.15. The minimum Gasteiger partial charge on any atom is -0.330 e. The summed E-state index contributed by atoms with van der Waals surface area (Å²) in [6, 6.07) is 8.91. The molecule has 1 atom stereocenters. The van der Waals surface area contributed by atoms with Crippen LogP contribution in [-0.2, 0) is 11.2 Å². The van der Waals surface area contributed by atoms with Crippen LogP contribution in [-0.4, -0.2) is 25.0 Å². The van der Waals surface area contributed by atoms with Crippen molar-refractivity contribution < 1.29 is 4.79 Å². The molecule has 24 heavy (non-hydrogen) atoms. The van der Waals surface area contributed by atoms with Crippen molar-refractivity contribution in [2.45, 2.75) is 26.3 Å². The van der Waals surface area contributed by atoms with Gasteiger partial charge in [-0.1, -0.05) is 13.0 Å². The Hall–Kier alpha value is -2.74. The van der Waals surface area contributed by atoms with Crippen LogP contribution in [0.1, 0.15) is 25.7 Å². The van der Waals surface area contributed by atoms with Gasteiger partial charge in [-0.2, -0.15) is 9.47 Å². The predicted octanol–water partition coefficient (Wildman–Crippen LogP) is 3.24. The monoisotopic (exact) mass is 342 g/mol. The molecule has 1 amide bonds. The molecule has 3 aromatic rings. The summed E-state index contributed by atoms with van der Waals surface area (Å²) >= 11 is 1.32. The lowest BCUT2D eigenvalue weighted by molar-refractivity contribution is -0.119. The number of rotatable bonds is 6. The number of carbonyl (C=O) groups is 1. The Bertz CT molecular complexity index is 814. The predicted molar refractivity (Wildman–Crippen MR) is 94.6 cm³/mol. The first-order valence-electron chi connectivity index (χ1n) is 7.65. The molecule has 2 N–H and O–H groups in total. The van der Waals surface area contributed by atoms with E-state index < -0.39 is 0 Å². The maximum atomic E-state index is 12.3. The van der Waals surface area contributed by atoms with Crippen LogP contribution in [0.15, 0.2) is 42.7 Å². The third-order valence-electron chi connectivity index (χ3n) is 3.47. The summed E-state index contributed by atoms with van der Waals surface area (Å²) in [5, 5.41) is 10.9. The average molecular weight is 342 g/mol. The molecular formula is C16H18N6OS. The summed E-state index contributed by atoms with van der Waals surface area (Å²) in [5.41, 5.74) is 1.56. The number of nitrogens with one attached hydrogen (secondary N) is 2. The van der Waals surface area contributed by atoms with E-state index in [0.29, 0.717) is 5.69 Å². The Morgan fingerprint density at radius 3 is 2.88 bits per heavy atom. The highest BCUT2D eigenvalue weighted by molar-refractivity contribution is 7.09. The molecule has 0 aliphatic rings. The minimum atomic E-state index is -0.383.